The number of fused-ring (bicyclic) bond motifs is 2. The highest BCUT2D eigenvalue weighted by atomic mass is 79.9. The standard InChI is InChI=1S/C21H24FN5O.C16H21BrN4O.C5H5BFNO2/c22-19-5-4-15(13-23-19)16-12-18-20(24-14-16)25-21(28-18)27-10-6-17(7-11-27)26-8-2-1-3-9-26;17-12-10-14-15(18-11-12)19-16(22-14)21-8-4-13(5-9-21)20-6-2-1-3-7-20;7-5-2-1-4(3-8-5)6(9)10/h4-5,12-14,17H,1-3,6-11H2;10-11,13H,1-9H2;1-3,9-10H. The molecule has 4 fully saturated rings. The van der Waals surface area contributed by atoms with E-state index in [9.17, 15) is 8.78 Å². The van der Waals surface area contributed by atoms with Crippen molar-refractivity contribution in [3.05, 3.63) is 77.6 Å². The van der Waals surface area contributed by atoms with Crippen LogP contribution in [-0.2, 0) is 0 Å². The Morgan fingerprint density at radius 2 is 1.05 bits per heavy atom. The second-order valence-electron chi connectivity index (χ2n) is 15.8. The van der Waals surface area contributed by atoms with Gasteiger partial charge in [0.05, 0.1) is 0 Å². The molecule has 2 N–H and O–H groups in total. The van der Waals surface area contributed by atoms with E-state index >= 15 is 0 Å². The maximum Gasteiger partial charge on any atom is 0.490 e. The molecule has 10 rings (SSSR count). The first-order valence-corrected chi connectivity index (χ1v) is 21.8. The summed E-state index contributed by atoms with van der Waals surface area (Å²) in [7, 11) is -1.58. The number of anilines is 2. The average molecular weight is 888 g/mol. The van der Waals surface area contributed by atoms with E-state index in [1.54, 1.807) is 18.5 Å². The molecular formula is C42H50BBrF2N10O4. The summed E-state index contributed by atoms with van der Waals surface area (Å²) in [5.74, 6) is -1.13. The van der Waals surface area contributed by atoms with Crippen molar-refractivity contribution in [2.24, 2.45) is 0 Å². The van der Waals surface area contributed by atoms with E-state index in [0.717, 1.165) is 84.5 Å². The Hall–Kier alpha value is -4.62. The number of aromatic nitrogens is 6. The van der Waals surface area contributed by atoms with Crippen LogP contribution in [0.5, 0.6) is 0 Å². The van der Waals surface area contributed by atoms with E-state index in [4.69, 9.17) is 18.9 Å². The van der Waals surface area contributed by atoms with Gasteiger partial charge < -0.3 is 38.5 Å². The summed E-state index contributed by atoms with van der Waals surface area (Å²) in [5.41, 5.74) is 4.52. The largest absolute Gasteiger partial charge is 0.490 e. The topological polar surface area (TPSA) is 157 Å². The van der Waals surface area contributed by atoms with E-state index in [2.05, 4.69) is 65.4 Å². The number of hydrogen-bond donors (Lipinski definition) is 2. The lowest BCUT2D eigenvalue weighted by molar-refractivity contribution is 0.140. The van der Waals surface area contributed by atoms with Crippen LogP contribution in [0.2, 0.25) is 0 Å². The lowest BCUT2D eigenvalue weighted by Gasteiger charge is -2.39. The van der Waals surface area contributed by atoms with Gasteiger partial charge in [0.2, 0.25) is 23.2 Å². The highest BCUT2D eigenvalue weighted by Crippen LogP contribution is 2.30. The van der Waals surface area contributed by atoms with Gasteiger partial charge in [-0.25, -0.2) is 19.9 Å². The van der Waals surface area contributed by atoms with Gasteiger partial charge in [-0.05, 0) is 118 Å². The van der Waals surface area contributed by atoms with Crippen LogP contribution < -0.4 is 15.3 Å². The van der Waals surface area contributed by atoms with Gasteiger partial charge in [-0.3, -0.25) is 0 Å². The Bertz CT molecular complexity index is 2270. The molecule has 4 aliphatic rings. The summed E-state index contributed by atoms with van der Waals surface area (Å²) >= 11 is 3.42. The third-order valence-corrected chi connectivity index (χ3v) is 12.3. The van der Waals surface area contributed by atoms with Gasteiger partial charge in [0, 0.05) is 90.2 Å². The molecule has 0 saturated carbocycles. The van der Waals surface area contributed by atoms with Gasteiger partial charge in [-0.2, -0.15) is 18.7 Å². The molecule has 6 aromatic rings. The molecule has 6 aromatic heterocycles. The number of halogens is 3. The minimum absolute atomic E-state index is 0.182. The Morgan fingerprint density at radius 1 is 0.567 bits per heavy atom. The molecule has 0 unspecified atom stereocenters. The molecule has 14 nitrogen and oxygen atoms in total. The third-order valence-electron chi connectivity index (χ3n) is 11.8. The molecule has 4 saturated heterocycles. The van der Waals surface area contributed by atoms with Crippen LogP contribution in [0.3, 0.4) is 0 Å². The van der Waals surface area contributed by atoms with Crippen LogP contribution in [0, 0.1) is 11.9 Å². The van der Waals surface area contributed by atoms with Gasteiger partial charge in [0.15, 0.2) is 11.2 Å². The van der Waals surface area contributed by atoms with E-state index in [1.807, 2.05) is 12.1 Å². The first-order valence-electron chi connectivity index (χ1n) is 21.0. The molecule has 18 heteroatoms. The zero-order valence-electron chi connectivity index (χ0n) is 33.6. The Morgan fingerprint density at radius 3 is 1.53 bits per heavy atom. The van der Waals surface area contributed by atoms with Crippen molar-refractivity contribution in [2.75, 3.05) is 62.2 Å². The highest BCUT2D eigenvalue weighted by molar-refractivity contribution is 9.10. The summed E-state index contributed by atoms with van der Waals surface area (Å²) in [6.07, 6.45) is 19.0. The summed E-state index contributed by atoms with van der Waals surface area (Å²) in [6.45, 7) is 9.03. The van der Waals surface area contributed by atoms with Gasteiger partial charge in [-0.1, -0.05) is 18.9 Å². The van der Waals surface area contributed by atoms with Crippen LogP contribution in [0.1, 0.15) is 64.2 Å². The van der Waals surface area contributed by atoms with E-state index in [1.165, 1.54) is 95.9 Å². The predicted octanol–water partition coefficient (Wildman–Crippen LogP) is 6.22. The molecule has 0 spiro atoms. The average Bonchev–Trinajstić information content (AvgIpc) is 3.92. The molecular weight excluding hydrogens is 837 g/mol. The monoisotopic (exact) mass is 886 g/mol. The van der Waals surface area contributed by atoms with Gasteiger partial charge >= 0.3 is 7.12 Å². The SMILES string of the molecule is Brc1cnc2nc(N3CCC(N4CCCCC4)CC3)oc2c1.Fc1ccc(-c2cnc3nc(N4CCC(N5CCCCC5)CC4)oc3c2)cn1.OB(O)c1ccc(F)nc1. The first kappa shape index (κ1) is 42.1. The third kappa shape index (κ3) is 10.6. The van der Waals surface area contributed by atoms with Crippen LogP contribution in [0.25, 0.3) is 33.6 Å². The summed E-state index contributed by atoms with van der Waals surface area (Å²) < 4.78 is 37.9. The minimum atomic E-state index is -1.58. The fourth-order valence-electron chi connectivity index (χ4n) is 8.52. The molecule has 0 radical (unpaired) electrons. The fourth-order valence-corrected chi connectivity index (χ4v) is 8.83. The molecule has 0 atom stereocenters. The molecule has 0 aromatic carbocycles. The van der Waals surface area contributed by atoms with Crippen molar-refractivity contribution < 1.29 is 27.7 Å². The molecule has 4 aliphatic heterocycles. The van der Waals surface area contributed by atoms with Crippen molar-refractivity contribution in [1.29, 1.82) is 0 Å². The zero-order chi connectivity index (χ0) is 41.4. The van der Waals surface area contributed by atoms with Gasteiger partial charge in [0.25, 0.3) is 12.0 Å². The fraction of sp³-hybridized carbons (Fsp3) is 0.476. The lowest BCUT2D eigenvalue weighted by Crippen LogP contribution is -2.46. The Kier molecular flexibility index (Phi) is 13.9. The zero-order valence-corrected chi connectivity index (χ0v) is 35.1. The van der Waals surface area contributed by atoms with E-state index in [0.29, 0.717) is 28.9 Å². The van der Waals surface area contributed by atoms with Crippen LogP contribution in [0.4, 0.5) is 20.8 Å². The molecule has 0 bridgehead atoms. The number of piperidine rings is 4. The number of hydrogen-bond acceptors (Lipinski definition) is 14. The van der Waals surface area contributed by atoms with Gasteiger partial charge in [-0.15, -0.1) is 0 Å². The van der Waals surface area contributed by atoms with Crippen molar-refractivity contribution in [3.8, 4) is 11.1 Å². The number of likely N-dealkylation sites (tertiary alicyclic amines) is 2. The van der Waals surface area contributed by atoms with Crippen molar-refractivity contribution in [2.45, 2.75) is 76.3 Å². The number of rotatable bonds is 6. The lowest BCUT2D eigenvalue weighted by atomic mass is 9.82. The van der Waals surface area contributed by atoms with E-state index < -0.39 is 19.0 Å². The summed E-state index contributed by atoms with van der Waals surface area (Å²) in [5, 5.41) is 17.0. The maximum atomic E-state index is 13.0. The predicted molar refractivity (Wildman–Crippen MR) is 230 cm³/mol. The normalized spacial score (nSPS) is 18.6. The highest BCUT2D eigenvalue weighted by Gasteiger charge is 2.29. The van der Waals surface area contributed by atoms with Crippen molar-refractivity contribution in [1.82, 2.24) is 39.7 Å². The summed E-state index contributed by atoms with van der Waals surface area (Å²) in [4.78, 5) is 34.6. The number of pyridine rings is 4. The van der Waals surface area contributed by atoms with Crippen LogP contribution in [0.15, 0.2) is 74.5 Å². The smallest absolute Gasteiger partial charge is 0.423 e. The van der Waals surface area contributed by atoms with Crippen molar-refractivity contribution in [3.63, 3.8) is 0 Å². The number of oxazole rings is 2. The maximum absolute atomic E-state index is 13.0. The van der Waals surface area contributed by atoms with E-state index in [-0.39, 0.29) is 5.46 Å². The first-order chi connectivity index (χ1) is 29.3. The molecule has 10 heterocycles. The molecule has 0 aliphatic carbocycles. The second-order valence-corrected chi connectivity index (χ2v) is 16.7. The Balaban J connectivity index is 0.000000138. The minimum Gasteiger partial charge on any atom is -0.423 e. The van der Waals surface area contributed by atoms with Crippen molar-refractivity contribution >= 4 is 63.0 Å². The molecule has 316 valence electrons. The van der Waals surface area contributed by atoms with Gasteiger partial charge in [0.1, 0.15) is 0 Å². The van der Waals surface area contributed by atoms with Crippen LogP contribution >= 0.6 is 15.9 Å². The quantitative estimate of drug-likeness (QED) is 0.144. The molecule has 0 amide bonds. The molecule has 60 heavy (non-hydrogen) atoms. The van der Waals surface area contributed by atoms with Crippen LogP contribution in [-0.4, -0.2) is 121 Å². The second kappa shape index (κ2) is 19.8. The number of nitrogens with zero attached hydrogens (tertiary/aromatic N) is 10. The summed E-state index contributed by atoms with van der Waals surface area (Å²) in [6, 6.07) is 12.0. The Labute approximate surface area is 356 Å².